The molecule has 0 spiro atoms. The van der Waals surface area contributed by atoms with Crippen LogP contribution in [0.3, 0.4) is 0 Å². The minimum atomic E-state index is -1.02. The number of benzene rings is 2. The summed E-state index contributed by atoms with van der Waals surface area (Å²) < 4.78 is 0. The van der Waals surface area contributed by atoms with Crippen LogP contribution in [0, 0.1) is 10.1 Å². The molecule has 2 aromatic carbocycles. The van der Waals surface area contributed by atoms with Crippen LogP contribution in [0.5, 0.6) is 5.75 Å². The molecule has 0 aliphatic carbocycles. The second-order valence-corrected chi connectivity index (χ2v) is 5.85. The molecule has 0 aromatic heterocycles. The number of carbonyl (C=O) groups is 3. The maximum Gasteiger partial charge on any atom is 0.335 e. The number of imide groups is 2. The Morgan fingerprint density at radius 2 is 1.89 bits per heavy atom. The Kier molecular flexibility index (Phi) is 4.61. The van der Waals surface area contributed by atoms with Crippen LogP contribution in [0.4, 0.5) is 16.2 Å². The van der Waals surface area contributed by atoms with Crippen LogP contribution in [0.1, 0.15) is 5.56 Å². The number of barbiturate groups is 1. The number of amides is 4. The molecule has 0 unspecified atom stereocenters. The summed E-state index contributed by atoms with van der Waals surface area (Å²) in [6.07, 6.45) is 1.19. The van der Waals surface area contributed by atoms with E-state index in [-0.39, 0.29) is 27.7 Å². The second-order valence-electron chi connectivity index (χ2n) is 5.45. The van der Waals surface area contributed by atoms with Crippen LogP contribution >= 0.6 is 11.6 Å². The van der Waals surface area contributed by atoms with Gasteiger partial charge < -0.3 is 5.11 Å². The summed E-state index contributed by atoms with van der Waals surface area (Å²) in [4.78, 5) is 47.8. The molecular weight excluding hydrogens is 378 g/mol. The highest BCUT2D eigenvalue weighted by atomic mass is 35.5. The first-order valence-electron chi connectivity index (χ1n) is 7.42. The first-order valence-corrected chi connectivity index (χ1v) is 7.80. The number of nitrogens with one attached hydrogen (secondary N) is 1. The fourth-order valence-electron chi connectivity index (χ4n) is 2.42. The maximum absolute atomic E-state index is 12.7. The standard InChI is InChI=1S/C17H10ClN3O6/c18-13-7-9(4-5-14(13)22)6-12-15(23)19-17(25)20(16(12)24)10-2-1-3-11(8-10)21(26)27/h1-8,22H,(H,19,23,25). The molecule has 4 amide bonds. The average molecular weight is 388 g/mol. The van der Waals surface area contributed by atoms with Gasteiger partial charge in [0, 0.05) is 12.1 Å². The second kappa shape index (κ2) is 6.89. The number of halogens is 1. The van der Waals surface area contributed by atoms with Crippen molar-refractivity contribution in [1.29, 1.82) is 0 Å². The van der Waals surface area contributed by atoms with Gasteiger partial charge >= 0.3 is 6.03 Å². The van der Waals surface area contributed by atoms with E-state index < -0.39 is 22.8 Å². The molecule has 2 aromatic rings. The van der Waals surface area contributed by atoms with Crippen molar-refractivity contribution in [3.05, 3.63) is 68.7 Å². The van der Waals surface area contributed by atoms with E-state index in [1.165, 1.54) is 42.5 Å². The van der Waals surface area contributed by atoms with Gasteiger partial charge in [-0.2, -0.15) is 0 Å². The monoisotopic (exact) mass is 387 g/mol. The number of nitro benzene ring substituents is 1. The number of anilines is 1. The van der Waals surface area contributed by atoms with Gasteiger partial charge in [0.25, 0.3) is 17.5 Å². The number of aromatic hydroxyl groups is 1. The van der Waals surface area contributed by atoms with Gasteiger partial charge in [-0.1, -0.05) is 23.7 Å². The smallest absolute Gasteiger partial charge is 0.335 e. The normalized spacial score (nSPS) is 15.8. The van der Waals surface area contributed by atoms with Crippen molar-refractivity contribution in [1.82, 2.24) is 5.32 Å². The minimum absolute atomic E-state index is 0.0135. The molecule has 1 aliphatic rings. The molecule has 9 nitrogen and oxygen atoms in total. The highest BCUT2D eigenvalue weighted by molar-refractivity contribution is 6.39. The van der Waals surface area contributed by atoms with Crippen molar-refractivity contribution in [2.45, 2.75) is 0 Å². The van der Waals surface area contributed by atoms with E-state index in [0.717, 1.165) is 6.07 Å². The van der Waals surface area contributed by atoms with Gasteiger partial charge in [0.15, 0.2) is 0 Å². The number of non-ortho nitro benzene ring substituents is 1. The fourth-order valence-corrected chi connectivity index (χ4v) is 2.61. The molecule has 1 heterocycles. The van der Waals surface area contributed by atoms with Gasteiger partial charge in [0.1, 0.15) is 11.3 Å². The highest BCUT2D eigenvalue weighted by Gasteiger charge is 2.37. The van der Waals surface area contributed by atoms with Gasteiger partial charge in [-0.15, -0.1) is 0 Å². The number of nitro groups is 1. The topological polar surface area (TPSA) is 130 Å². The van der Waals surface area contributed by atoms with E-state index in [0.29, 0.717) is 10.5 Å². The molecule has 10 heteroatoms. The van der Waals surface area contributed by atoms with E-state index in [1.54, 1.807) is 0 Å². The maximum atomic E-state index is 12.7. The number of hydrogen-bond acceptors (Lipinski definition) is 6. The van der Waals surface area contributed by atoms with E-state index in [4.69, 9.17) is 11.6 Å². The van der Waals surface area contributed by atoms with Crippen molar-refractivity contribution in [3.8, 4) is 5.75 Å². The van der Waals surface area contributed by atoms with Gasteiger partial charge in [-0.05, 0) is 29.8 Å². The third-order valence-corrected chi connectivity index (χ3v) is 3.99. The molecule has 3 rings (SSSR count). The van der Waals surface area contributed by atoms with E-state index >= 15 is 0 Å². The number of phenols is 1. The highest BCUT2D eigenvalue weighted by Crippen LogP contribution is 2.27. The quantitative estimate of drug-likeness (QED) is 0.360. The van der Waals surface area contributed by atoms with Crippen LogP contribution in [0.25, 0.3) is 6.08 Å². The summed E-state index contributed by atoms with van der Waals surface area (Å²) in [6, 6.07) is 7.90. The van der Waals surface area contributed by atoms with Gasteiger partial charge in [-0.3, -0.25) is 25.0 Å². The number of carbonyl (C=O) groups excluding carboxylic acids is 3. The van der Waals surface area contributed by atoms with Crippen molar-refractivity contribution >= 4 is 46.9 Å². The van der Waals surface area contributed by atoms with Crippen LogP contribution < -0.4 is 10.2 Å². The third-order valence-electron chi connectivity index (χ3n) is 3.68. The number of nitrogens with zero attached hydrogens (tertiary/aromatic N) is 2. The molecule has 136 valence electrons. The summed E-state index contributed by atoms with van der Waals surface area (Å²) in [5.74, 6) is -2.05. The Hall–Kier alpha value is -3.72. The summed E-state index contributed by atoms with van der Waals surface area (Å²) in [7, 11) is 0. The Morgan fingerprint density at radius 1 is 1.15 bits per heavy atom. The Labute approximate surface area is 156 Å². The number of rotatable bonds is 3. The Balaban J connectivity index is 2.03. The third kappa shape index (κ3) is 3.48. The number of phenolic OH excluding ortho intramolecular Hbond substituents is 1. The van der Waals surface area contributed by atoms with Crippen molar-refractivity contribution in [2.24, 2.45) is 0 Å². The first kappa shape index (κ1) is 18.1. The lowest BCUT2D eigenvalue weighted by atomic mass is 10.1. The molecule has 0 atom stereocenters. The lowest BCUT2D eigenvalue weighted by Gasteiger charge is -2.26. The zero-order valence-corrected chi connectivity index (χ0v) is 14.1. The molecule has 0 saturated carbocycles. The Bertz CT molecular complexity index is 1030. The molecular formula is C17H10ClN3O6. The molecule has 1 aliphatic heterocycles. The predicted molar refractivity (Wildman–Crippen MR) is 95.2 cm³/mol. The Morgan fingerprint density at radius 3 is 2.56 bits per heavy atom. The van der Waals surface area contributed by atoms with E-state index in [9.17, 15) is 29.6 Å². The molecule has 1 fully saturated rings. The van der Waals surface area contributed by atoms with E-state index in [2.05, 4.69) is 0 Å². The van der Waals surface area contributed by atoms with Crippen LogP contribution in [-0.2, 0) is 9.59 Å². The summed E-state index contributed by atoms with van der Waals surface area (Å²) >= 11 is 5.81. The molecule has 27 heavy (non-hydrogen) atoms. The van der Waals surface area contributed by atoms with Gasteiger partial charge in [0.05, 0.1) is 15.6 Å². The minimum Gasteiger partial charge on any atom is -0.506 e. The van der Waals surface area contributed by atoms with Crippen LogP contribution in [0.15, 0.2) is 48.0 Å². The average Bonchev–Trinajstić information content (AvgIpc) is 2.61. The van der Waals surface area contributed by atoms with Gasteiger partial charge in [-0.25, -0.2) is 9.69 Å². The molecule has 0 bridgehead atoms. The van der Waals surface area contributed by atoms with E-state index in [1.807, 2.05) is 5.32 Å². The summed E-state index contributed by atoms with van der Waals surface area (Å²) in [5, 5.41) is 22.4. The number of hydrogen-bond donors (Lipinski definition) is 2. The van der Waals surface area contributed by atoms with Crippen molar-refractivity contribution in [2.75, 3.05) is 4.90 Å². The fraction of sp³-hybridized carbons (Fsp3) is 0. The van der Waals surface area contributed by atoms with Crippen molar-refractivity contribution < 1.29 is 24.4 Å². The lowest BCUT2D eigenvalue weighted by molar-refractivity contribution is -0.384. The summed E-state index contributed by atoms with van der Waals surface area (Å²) in [6.45, 7) is 0. The number of urea groups is 1. The molecule has 2 N–H and O–H groups in total. The van der Waals surface area contributed by atoms with Crippen LogP contribution in [-0.4, -0.2) is 27.9 Å². The zero-order chi connectivity index (χ0) is 19.7. The van der Waals surface area contributed by atoms with Gasteiger partial charge in [0.2, 0.25) is 0 Å². The first-order chi connectivity index (χ1) is 12.8. The zero-order valence-electron chi connectivity index (χ0n) is 13.4. The van der Waals surface area contributed by atoms with Crippen molar-refractivity contribution in [3.63, 3.8) is 0 Å². The van der Waals surface area contributed by atoms with Crippen LogP contribution in [0.2, 0.25) is 5.02 Å². The largest absolute Gasteiger partial charge is 0.506 e. The SMILES string of the molecule is O=C1NC(=O)N(c2cccc([N+](=O)[O-])c2)C(=O)C1=Cc1ccc(O)c(Cl)c1. The summed E-state index contributed by atoms with van der Waals surface area (Å²) in [5.41, 5.74) is -0.415. The predicted octanol–water partition coefficient (Wildman–Crippen LogP) is 2.62. The molecule has 1 saturated heterocycles. The molecule has 0 radical (unpaired) electrons. The lowest BCUT2D eigenvalue weighted by Crippen LogP contribution is -2.54.